The highest BCUT2D eigenvalue weighted by atomic mass is 79.9. The standard InChI is InChI=1S/C31H23BrO3.C19H16O4/c32-24-15-13-20(14-16-24)19-9-11-21(12-10-19)23-17-22-5-1-2-6-25(22)27(18-23)29-30(33)26-7-3-4-8-28(26)35-31(29)34;1-12(20)11-15(13-7-3-2-4-8-13)17-18(21)14-9-5-6-10-16(14)23-19(17)22/h1-16,23,27,33H,17-18H2;2-10,15,21H,11H2,1H3. The Hall–Kier alpha value is -6.51. The Morgan fingerprint density at radius 1 is 0.672 bits per heavy atom. The molecular weight excluding hydrogens is 792 g/mol. The van der Waals surface area contributed by atoms with E-state index in [4.69, 9.17) is 8.83 Å². The van der Waals surface area contributed by atoms with E-state index in [0.717, 1.165) is 28.4 Å². The van der Waals surface area contributed by atoms with Crippen LogP contribution in [0.4, 0.5) is 0 Å². The zero-order valence-corrected chi connectivity index (χ0v) is 33.2. The highest BCUT2D eigenvalue weighted by molar-refractivity contribution is 9.10. The predicted octanol–water partition coefficient (Wildman–Crippen LogP) is 11.4. The van der Waals surface area contributed by atoms with Crippen LogP contribution < -0.4 is 11.3 Å². The summed E-state index contributed by atoms with van der Waals surface area (Å²) in [5.74, 6) is -0.702. The molecule has 288 valence electrons. The summed E-state index contributed by atoms with van der Waals surface area (Å²) in [5.41, 5.74) is 6.80. The molecule has 3 unspecified atom stereocenters. The van der Waals surface area contributed by atoms with Gasteiger partial charge in [0.15, 0.2) is 0 Å². The SMILES string of the molecule is CC(=O)CC(c1ccccc1)c1c(O)c2ccccc2oc1=O.O=c1oc2ccccc2c(O)c1C1CC(c2ccc(-c3ccc(Br)cc3)cc2)Cc2ccccc21. The van der Waals surface area contributed by atoms with Crippen LogP contribution in [-0.4, -0.2) is 16.0 Å². The summed E-state index contributed by atoms with van der Waals surface area (Å²) in [6.07, 6.45) is 1.75. The van der Waals surface area contributed by atoms with Crippen LogP contribution in [-0.2, 0) is 11.2 Å². The highest BCUT2D eigenvalue weighted by Crippen LogP contribution is 2.46. The number of hydrogen-bond donors (Lipinski definition) is 2. The van der Waals surface area contributed by atoms with Gasteiger partial charge in [0.1, 0.15) is 28.4 Å². The molecular formula is C50H39BrO7. The lowest BCUT2D eigenvalue weighted by Gasteiger charge is -2.32. The van der Waals surface area contributed by atoms with Crippen molar-refractivity contribution in [3.8, 4) is 22.6 Å². The molecule has 8 heteroatoms. The van der Waals surface area contributed by atoms with E-state index in [1.807, 2.05) is 60.7 Å². The number of ketones is 1. The summed E-state index contributed by atoms with van der Waals surface area (Å²) >= 11 is 3.50. The molecule has 3 atom stereocenters. The summed E-state index contributed by atoms with van der Waals surface area (Å²) in [7, 11) is 0. The minimum absolute atomic E-state index is 0.0305. The second-order valence-corrected chi connectivity index (χ2v) is 15.6. The van der Waals surface area contributed by atoms with Gasteiger partial charge in [0.05, 0.1) is 21.9 Å². The summed E-state index contributed by atoms with van der Waals surface area (Å²) in [6, 6.07) is 48.4. The molecule has 0 aliphatic heterocycles. The molecule has 0 saturated heterocycles. The fourth-order valence-electron chi connectivity index (χ4n) is 8.21. The number of carbonyl (C=O) groups excluding carboxylic acids is 1. The summed E-state index contributed by atoms with van der Waals surface area (Å²) in [5, 5.41) is 22.8. The molecule has 58 heavy (non-hydrogen) atoms. The first-order chi connectivity index (χ1) is 28.2. The Morgan fingerprint density at radius 3 is 1.88 bits per heavy atom. The van der Waals surface area contributed by atoms with Gasteiger partial charge in [-0.2, -0.15) is 0 Å². The molecule has 0 fully saturated rings. The van der Waals surface area contributed by atoms with E-state index in [2.05, 4.69) is 64.5 Å². The fraction of sp³-hybridized carbons (Fsp3) is 0.140. The first-order valence-corrected chi connectivity index (χ1v) is 19.9. The molecule has 9 rings (SSSR count). The summed E-state index contributed by atoms with van der Waals surface area (Å²) < 4.78 is 12.0. The number of benzene rings is 6. The van der Waals surface area contributed by atoms with E-state index in [-0.39, 0.29) is 41.1 Å². The minimum atomic E-state index is -0.615. The second-order valence-electron chi connectivity index (χ2n) is 14.7. The zero-order chi connectivity index (χ0) is 40.3. The number of carbonyl (C=O) groups is 1. The van der Waals surface area contributed by atoms with Crippen LogP contribution in [0.1, 0.15) is 70.9 Å². The highest BCUT2D eigenvalue weighted by Gasteiger charge is 2.33. The lowest BCUT2D eigenvalue weighted by Crippen LogP contribution is -2.23. The Kier molecular flexibility index (Phi) is 10.9. The molecule has 2 aromatic heterocycles. The largest absolute Gasteiger partial charge is 0.507 e. The Labute approximate surface area is 343 Å². The number of hydrogen-bond acceptors (Lipinski definition) is 7. The van der Waals surface area contributed by atoms with E-state index >= 15 is 0 Å². The van der Waals surface area contributed by atoms with E-state index in [1.165, 1.54) is 29.2 Å². The van der Waals surface area contributed by atoms with Crippen molar-refractivity contribution < 1.29 is 23.8 Å². The molecule has 6 aromatic carbocycles. The van der Waals surface area contributed by atoms with Crippen LogP contribution in [0.2, 0.25) is 0 Å². The van der Waals surface area contributed by atoms with Crippen molar-refractivity contribution in [1.82, 2.24) is 0 Å². The third kappa shape index (κ3) is 7.76. The molecule has 2 N–H and O–H groups in total. The van der Waals surface area contributed by atoms with Gasteiger partial charge in [-0.3, -0.25) is 4.79 Å². The topological polar surface area (TPSA) is 118 Å². The van der Waals surface area contributed by atoms with Crippen molar-refractivity contribution in [2.24, 2.45) is 0 Å². The van der Waals surface area contributed by atoms with Gasteiger partial charge in [-0.1, -0.05) is 131 Å². The van der Waals surface area contributed by atoms with E-state index in [0.29, 0.717) is 27.5 Å². The number of rotatable bonds is 7. The smallest absolute Gasteiger partial charge is 0.343 e. The monoisotopic (exact) mass is 830 g/mol. The lowest BCUT2D eigenvalue weighted by atomic mass is 9.72. The first kappa shape index (κ1) is 38.4. The minimum Gasteiger partial charge on any atom is -0.507 e. The lowest BCUT2D eigenvalue weighted by molar-refractivity contribution is -0.117. The normalized spacial score (nSPS) is 15.3. The molecule has 8 aromatic rings. The third-order valence-corrected chi connectivity index (χ3v) is 11.5. The Balaban J connectivity index is 0.000000177. The van der Waals surface area contributed by atoms with Crippen LogP contribution in [0.5, 0.6) is 11.5 Å². The summed E-state index contributed by atoms with van der Waals surface area (Å²) in [6.45, 7) is 1.47. The van der Waals surface area contributed by atoms with Gasteiger partial charge in [-0.05, 0) is 95.5 Å². The van der Waals surface area contributed by atoms with E-state index in [9.17, 15) is 24.6 Å². The molecule has 0 saturated carbocycles. The number of aromatic hydroxyl groups is 2. The predicted molar refractivity (Wildman–Crippen MR) is 231 cm³/mol. The quantitative estimate of drug-likeness (QED) is 0.154. The van der Waals surface area contributed by atoms with Gasteiger partial charge in [0.25, 0.3) is 0 Å². The van der Waals surface area contributed by atoms with Crippen molar-refractivity contribution in [3.63, 3.8) is 0 Å². The van der Waals surface area contributed by atoms with Crippen molar-refractivity contribution in [1.29, 1.82) is 0 Å². The van der Waals surface area contributed by atoms with Crippen LogP contribution in [0.15, 0.2) is 175 Å². The maximum Gasteiger partial charge on any atom is 0.343 e. The van der Waals surface area contributed by atoms with Gasteiger partial charge >= 0.3 is 11.3 Å². The molecule has 0 amide bonds. The Morgan fingerprint density at radius 2 is 1.22 bits per heavy atom. The maximum atomic E-state index is 13.1. The molecule has 0 bridgehead atoms. The Bertz CT molecular complexity index is 2880. The first-order valence-electron chi connectivity index (χ1n) is 19.1. The number of Topliss-reactive ketones (excluding diaryl/α,β-unsaturated/α-hetero) is 1. The van der Waals surface area contributed by atoms with Crippen molar-refractivity contribution in [3.05, 3.63) is 210 Å². The van der Waals surface area contributed by atoms with Gasteiger partial charge in [-0.15, -0.1) is 0 Å². The molecule has 1 aliphatic carbocycles. The van der Waals surface area contributed by atoms with Gasteiger partial charge in [0, 0.05) is 22.7 Å². The molecule has 0 spiro atoms. The molecule has 2 heterocycles. The number of fused-ring (bicyclic) bond motifs is 3. The van der Waals surface area contributed by atoms with Gasteiger partial charge in [-0.25, -0.2) is 9.59 Å². The van der Waals surface area contributed by atoms with Crippen molar-refractivity contribution in [2.45, 2.75) is 43.9 Å². The average Bonchev–Trinajstić information content (AvgIpc) is 3.24. The van der Waals surface area contributed by atoms with Gasteiger partial charge in [0.2, 0.25) is 0 Å². The number of para-hydroxylation sites is 2. The molecule has 7 nitrogen and oxygen atoms in total. The summed E-state index contributed by atoms with van der Waals surface area (Å²) in [4.78, 5) is 37.2. The zero-order valence-electron chi connectivity index (χ0n) is 31.6. The van der Waals surface area contributed by atoms with E-state index < -0.39 is 17.2 Å². The molecule has 0 radical (unpaired) electrons. The molecule has 1 aliphatic rings. The van der Waals surface area contributed by atoms with Gasteiger partial charge < -0.3 is 19.0 Å². The maximum absolute atomic E-state index is 13.1. The van der Waals surface area contributed by atoms with Crippen molar-refractivity contribution in [2.75, 3.05) is 0 Å². The average molecular weight is 832 g/mol. The van der Waals surface area contributed by atoms with Crippen LogP contribution in [0.3, 0.4) is 0 Å². The van der Waals surface area contributed by atoms with Crippen LogP contribution >= 0.6 is 15.9 Å². The van der Waals surface area contributed by atoms with Crippen LogP contribution in [0.25, 0.3) is 33.1 Å². The number of halogens is 1. The van der Waals surface area contributed by atoms with Crippen LogP contribution in [0, 0.1) is 0 Å². The van der Waals surface area contributed by atoms with Crippen molar-refractivity contribution >= 4 is 43.7 Å². The fourth-order valence-corrected chi connectivity index (χ4v) is 8.47. The van der Waals surface area contributed by atoms with E-state index in [1.54, 1.807) is 42.5 Å². The third-order valence-electron chi connectivity index (χ3n) is 11.0. The second kappa shape index (κ2) is 16.5.